The summed E-state index contributed by atoms with van der Waals surface area (Å²) in [5.41, 5.74) is 0.137. The number of aromatic amines is 1. The highest BCUT2D eigenvalue weighted by Crippen LogP contribution is 2.34. The number of piperazine rings is 1. The zero-order valence-corrected chi connectivity index (χ0v) is 17.5. The molecule has 0 radical (unpaired) electrons. The van der Waals surface area contributed by atoms with E-state index < -0.39 is 17.6 Å². The van der Waals surface area contributed by atoms with Crippen LogP contribution in [-0.2, 0) is 17.4 Å². The summed E-state index contributed by atoms with van der Waals surface area (Å²) in [6, 6.07) is 6.65. The van der Waals surface area contributed by atoms with Crippen molar-refractivity contribution in [2.45, 2.75) is 26.4 Å². The summed E-state index contributed by atoms with van der Waals surface area (Å²) in [6.07, 6.45) is -3.74. The number of hydrogen-bond acceptors (Lipinski definition) is 4. The lowest BCUT2D eigenvalue weighted by molar-refractivity contribution is -0.137. The van der Waals surface area contributed by atoms with Gasteiger partial charge in [-0.15, -0.1) is 0 Å². The number of halogens is 3. The summed E-state index contributed by atoms with van der Waals surface area (Å²) in [5.74, 6) is -0.252. The molecule has 2 amide bonds. The van der Waals surface area contributed by atoms with Gasteiger partial charge in [0.15, 0.2) is 0 Å². The van der Waals surface area contributed by atoms with Crippen LogP contribution < -0.4 is 5.32 Å². The Balaban J connectivity index is 1.51. The van der Waals surface area contributed by atoms with Crippen LogP contribution in [0.25, 0.3) is 0 Å². The van der Waals surface area contributed by atoms with Crippen LogP contribution in [0.15, 0.2) is 30.3 Å². The lowest BCUT2D eigenvalue weighted by Gasteiger charge is -2.34. The maximum absolute atomic E-state index is 13.1. The number of carbonyl (C=O) groups excluding carboxylic acids is 2. The molecule has 0 bridgehead atoms. The van der Waals surface area contributed by atoms with Crippen LogP contribution in [0.3, 0.4) is 0 Å². The summed E-state index contributed by atoms with van der Waals surface area (Å²) < 4.78 is 39.2. The summed E-state index contributed by atoms with van der Waals surface area (Å²) in [6.45, 7) is 5.84. The maximum atomic E-state index is 13.1. The Hall–Kier alpha value is -2.88. The Morgan fingerprint density at radius 1 is 1.16 bits per heavy atom. The Kier molecular flexibility index (Phi) is 6.99. The van der Waals surface area contributed by atoms with Crippen LogP contribution in [0.5, 0.6) is 0 Å². The first-order valence-electron chi connectivity index (χ1n) is 10.2. The molecule has 2 N–H and O–H groups in total. The predicted octanol–water partition coefficient (Wildman–Crippen LogP) is 3.02. The maximum Gasteiger partial charge on any atom is 0.418 e. The molecular weight excluding hydrogens is 411 g/mol. The predicted molar refractivity (Wildman–Crippen MR) is 110 cm³/mol. The first kappa shape index (κ1) is 22.8. The monoisotopic (exact) mass is 437 g/mol. The molecule has 3 rings (SSSR count). The number of nitrogens with one attached hydrogen (secondary N) is 2. The Labute approximate surface area is 178 Å². The highest BCUT2D eigenvalue weighted by molar-refractivity contribution is 5.93. The summed E-state index contributed by atoms with van der Waals surface area (Å²) in [5, 5.41) is 9.34. The van der Waals surface area contributed by atoms with Crippen molar-refractivity contribution in [2.75, 3.05) is 38.0 Å². The highest BCUT2D eigenvalue weighted by atomic mass is 19.4. The van der Waals surface area contributed by atoms with E-state index in [1.54, 1.807) is 11.0 Å². The quantitative estimate of drug-likeness (QED) is 0.728. The summed E-state index contributed by atoms with van der Waals surface area (Å²) in [4.78, 5) is 28.4. The van der Waals surface area contributed by atoms with Gasteiger partial charge in [0.25, 0.3) is 5.91 Å². The molecule has 0 atom stereocenters. The lowest BCUT2D eigenvalue weighted by Crippen LogP contribution is -2.50. The van der Waals surface area contributed by atoms with E-state index >= 15 is 0 Å². The second-order valence-electron chi connectivity index (χ2n) is 8.04. The molecule has 0 saturated carbocycles. The van der Waals surface area contributed by atoms with Gasteiger partial charge >= 0.3 is 6.18 Å². The van der Waals surface area contributed by atoms with E-state index in [-0.39, 0.29) is 18.1 Å². The minimum atomic E-state index is -4.54. The van der Waals surface area contributed by atoms with Crippen molar-refractivity contribution in [3.63, 3.8) is 0 Å². The number of amides is 2. The standard InChI is InChI=1S/C21H26F3N5O2/c1-14(2)11-15-12-18(27-26-15)20(31)29-9-7-28(8-10-29)13-19(30)25-17-6-4-3-5-16(17)21(22,23)24/h3-6,12,14H,7-11,13H2,1-2H3,(H,25,30)(H,26,27). The van der Waals surface area contributed by atoms with Crippen LogP contribution in [0, 0.1) is 5.92 Å². The third-order valence-electron chi connectivity index (χ3n) is 5.01. The van der Waals surface area contributed by atoms with Gasteiger partial charge in [-0.25, -0.2) is 0 Å². The average molecular weight is 437 g/mol. The van der Waals surface area contributed by atoms with Crippen molar-refractivity contribution in [3.8, 4) is 0 Å². The van der Waals surface area contributed by atoms with Gasteiger partial charge < -0.3 is 10.2 Å². The number of H-pyrrole nitrogens is 1. The van der Waals surface area contributed by atoms with E-state index in [1.165, 1.54) is 18.2 Å². The minimum absolute atomic E-state index is 0.0465. The molecule has 1 aromatic heterocycles. The van der Waals surface area contributed by atoms with E-state index in [0.29, 0.717) is 37.8 Å². The number of anilines is 1. The molecule has 1 aromatic carbocycles. The third kappa shape index (κ3) is 6.06. The Bertz CT molecular complexity index is 918. The smallest absolute Gasteiger partial charge is 0.335 e. The van der Waals surface area contributed by atoms with Gasteiger partial charge in [-0.3, -0.25) is 19.6 Å². The van der Waals surface area contributed by atoms with Crippen molar-refractivity contribution < 1.29 is 22.8 Å². The molecule has 1 aliphatic rings. The van der Waals surface area contributed by atoms with Crippen LogP contribution in [-0.4, -0.2) is 64.5 Å². The van der Waals surface area contributed by atoms with E-state index in [9.17, 15) is 22.8 Å². The first-order chi connectivity index (χ1) is 14.6. The molecule has 0 spiro atoms. The molecule has 7 nitrogen and oxygen atoms in total. The van der Waals surface area contributed by atoms with Crippen LogP contribution >= 0.6 is 0 Å². The highest BCUT2D eigenvalue weighted by Gasteiger charge is 2.33. The van der Waals surface area contributed by atoms with Crippen molar-refractivity contribution >= 4 is 17.5 Å². The second kappa shape index (κ2) is 9.51. The number of carbonyl (C=O) groups is 2. The fourth-order valence-corrected chi connectivity index (χ4v) is 3.52. The van der Waals surface area contributed by atoms with Gasteiger partial charge in [0.05, 0.1) is 17.8 Å². The van der Waals surface area contributed by atoms with Crippen LogP contribution in [0.1, 0.15) is 35.6 Å². The topological polar surface area (TPSA) is 81.3 Å². The molecule has 1 fully saturated rings. The lowest BCUT2D eigenvalue weighted by atomic mass is 10.1. The molecule has 1 aliphatic heterocycles. The molecule has 31 heavy (non-hydrogen) atoms. The molecule has 0 aliphatic carbocycles. The molecule has 2 aromatic rings. The zero-order valence-electron chi connectivity index (χ0n) is 17.5. The van der Waals surface area contributed by atoms with Gasteiger partial charge in [-0.1, -0.05) is 26.0 Å². The third-order valence-corrected chi connectivity index (χ3v) is 5.01. The van der Waals surface area contributed by atoms with E-state index in [2.05, 4.69) is 29.4 Å². The number of hydrogen-bond donors (Lipinski definition) is 2. The fraction of sp³-hybridized carbons (Fsp3) is 0.476. The Morgan fingerprint density at radius 3 is 2.48 bits per heavy atom. The number of alkyl halides is 3. The van der Waals surface area contributed by atoms with Gasteiger partial charge in [-0.2, -0.15) is 18.3 Å². The molecule has 2 heterocycles. The van der Waals surface area contributed by atoms with E-state index in [1.807, 2.05) is 4.90 Å². The number of benzene rings is 1. The molecule has 10 heteroatoms. The first-order valence-corrected chi connectivity index (χ1v) is 10.2. The number of nitrogens with zero attached hydrogens (tertiary/aromatic N) is 3. The number of aromatic nitrogens is 2. The van der Waals surface area contributed by atoms with Crippen molar-refractivity contribution in [3.05, 3.63) is 47.3 Å². The second-order valence-corrected chi connectivity index (χ2v) is 8.04. The molecular formula is C21H26F3N5O2. The summed E-state index contributed by atoms with van der Waals surface area (Å²) >= 11 is 0. The fourth-order valence-electron chi connectivity index (χ4n) is 3.52. The number of para-hydroxylation sites is 1. The number of rotatable bonds is 6. The Morgan fingerprint density at radius 2 is 1.84 bits per heavy atom. The molecule has 1 saturated heterocycles. The van der Waals surface area contributed by atoms with Gasteiger partial charge in [0.2, 0.25) is 5.91 Å². The minimum Gasteiger partial charge on any atom is -0.335 e. The SMILES string of the molecule is CC(C)Cc1cc(C(=O)N2CCN(CC(=O)Nc3ccccc3C(F)(F)F)CC2)n[nH]1. The van der Waals surface area contributed by atoms with E-state index in [4.69, 9.17) is 0 Å². The van der Waals surface area contributed by atoms with Gasteiger partial charge in [0, 0.05) is 31.9 Å². The van der Waals surface area contributed by atoms with Crippen molar-refractivity contribution in [1.82, 2.24) is 20.0 Å². The van der Waals surface area contributed by atoms with Crippen molar-refractivity contribution in [2.24, 2.45) is 5.92 Å². The normalized spacial score (nSPS) is 15.4. The van der Waals surface area contributed by atoms with Crippen LogP contribution in [0.2, 0.25) is 0 Å². The summed E-state index contributed by atoms with van der Waals surface area (Å²) in [7, 11) is 0. The largest absolute Gasteiger partial charge is 0.418 e. The van der Waals surface area contributed by atoms with Crippen LogP contribution in [0.4, 0.5) is 18.9 Å². The molecule has 0 unspecified atom stereocenters. The van der Waals surface area contributed by atoms with E-state index in [0.717, 1.165) is 18.2 Å². The average Bonchev–Trinajstić information content (AvgIpc) is 3.15. The molecule has 168 valence electrons. The van der Waals surface area contributed by atoms with Gasteiger partial charge in [0.1, 0.15) is 5.69 Å². The van der Waals surface area contributed by atoms with Gasteiger partial charge in [-0.05, 0) is 30.5 Å². The van der Waals surface area contributed by atoms with Crippen molar-refractivity contribution in [1.29, 1.82) is 0 Å². The zero-order chi connectivity index (χ0) is 22.6.